The Bertz CT molecular complexity index is 478. The maximum Gasteiger partial charge on any atom is 0.193 e. The van der Waals surface area contributed by atoms with E-state index in [1.165, 1.54) is 12.1 Å². The molecule has 4 heteroatoms. The topological polar surface area (TPSA) is 53.1 Å². The van der Waals surface area contributed by atoms with Crippen LogP contribution in [0.15, 0.2) is 29.2 Å². The molecule has 0 bridgehead atoms. The van der Waals surface area contributed by atoms with Crippen molar-refractivity contribution in [2.45, 2.75) is 0 Å². The Balaban J connectivity index is 2.93. The Morgan fingerprint density at radius 3 is 2.92 bits per heavy atom. The van der Waals surface area contributed by atoms with E-state index in [9.17, 15) is 9.90 Å². The predicted molar refractivity (Wildman–Crippen MR) is 50.4 cm³/mol. The van der Waals surface area contributed by atoms with Gasteiger partial charge in [-0.3, -0.25) is 4.79 Å². The zero-order valence-corrected chi connectivity index (χ0v) is 7.30. The number of H-pyrrole nitrogens is 1. The van der Waals surface area contributed by atoms with E-state index in [2.05, 4.69) is 4.98 Å². The van der Waals surface area contributed by atoms with Gasteiger partial charge in [0, 0.05) is 17.3 Å². The van der Waals surface area contributed by atoms with E-state index in [1.807, 2.05) is 0 Å². The lowest BCUT2D eigenvalue weighted by Gasteiger charge is -2.05. The summed E-state index contributed by atoms with van der Waals surface area (Å²) in [5.74, 6) is -0.0320. The highest BCUT2D eigenvalue weighted by Gasteiger charge is 2.11. The second kappa shape index (κ2) is 2.78. The second-order valence-electron chi connectivity index (χ2n) is 2.69. The number of benzene rings is 1. The maximum atomic E-state index is 11.4. The average Bonchev–Trinajstić information content (AvgIpc) is 2.02. The third kappa shape index (κ3) is 1.27. The van der Waals surface area contributed by atoms with Crippen LogP contribution in [0.25, 0.3) is 11.3 Å². The van der Waals surface area contributed by atoms with Crippen LogP contribution in [0.3, 0.4) is 0 Å². The van der Waals surface area contributed by atoms with Gasteiger partial charge in [0.2, 0.25) is 0 Å². The van der Waals surface area contributed by atoms with Crippen molar-refractivity contribution in [1.29, 1.82) is 0 Å². The summed E-state index contributed by atoms with van der Waals surface area (Å²) in [5.41, 5.74) is 0.529. The van der Waals surface area contributed by atoms with Crippen molar-refractivity contribution in [2.75, 3.05) is 0 Å². The molecule has 66 valence electrons. The molecule has 0 amide bonds. The highest BCUT2D eigenvalue weighted by atomic mass is 35.5. The van der Waals surface area contributed by atoms with Crippen LogP contribution in [0.1, 0.15) is 0 Å². The highest BCUT2D eigenvalue weighted by Crippen LogP contribution is 2.26. The summed E-state index contributed by atoms with van der Waals surface area (Å²) in [5, 5.41) is 9.74. The molecule has 1 aliphatic heterocycles. The molecule has 1 aliphatic carbocycles. The minimum atomic E-state index is -0.281. The Hall–Kier alpha value is -1.48. The number of hydrogen-bond acceptors (Lipinski definition) is 2. The molecule has 0 aromatic rings. The molecule has 2 aliphatic rings. The fourth-order valence-corrected chi connectivity index (χ4v) is 1.46. The van der Waals surface area contributed by atoms with Gasteiger partial charge in [0.05, 0.1) is 11.3 Å². The van der Waals surface area contributed by atoms with Crippen LogP contribution in [-0.2, 0) is 0 Å². The van der Waals surface area contributed by atoms with Crippen LogP contribution in [0.5, 0.6) is 5.75 Å². The molecule has 1 heterocycles. The lowest BCUT2D eigenvalue weighted by molar-refractivity contribution is 0.476. The van der Waals surface area contributed by atoms with Crippen molar-refractivity contribution in [3.05, 3.63) is 39.6 Å². The lowest BCUT2D eigenvalue weighted by Crippen LogP contribution is -2.05. The lowest BCUT2D eigenvalue weighted by atomic mass is 10.1. The number of aromatic nitrogens is 1. The molecule has 0 saturated heterocycles. The number of halogens is 1. The number of pyridine rings is 1. The van der Waals surface area contributed by atoms with E-state index < -0.39 is 0 Å². The van der Waals surface area contributed by atoms with Gasteiger partial charge in [-0.25, -0.2) is 0 Å². The molecule has 0 radical (unpaired) electrons. The highest BCUT2D eigenvalue weighted by molar-refractivity contribution is 6.30. The Kier molecular flexibility index (Phi) is 1.74. The van der Waals surface area contributed by atoms with Crippen LogP contribution in [0.4, 0.5) is 0 Å². The van der Waals surface area contributed by atoms with Crippen LogP contribution < -0.4 is 5.43 Å². The standard InChI is InChI=1S/C9H6ClNO2/c10-5-3-6-9(8(13)4-5)7(12)1-2-11-6/h1-4,11-12H. The molecule has 0 atom stereocenters. The fourth-order valence-electron chi connectivity index (χ4n) is 1.25. The average molecular weight is 196 g/mol. The van der Waals surface area contributed by atoms with Gasteiger partial charge in [-0.05, 0) is 12.1 Å². The first kappa shape index (κ1) is 8.13. The van der Waals surface area contributed by atoms with Crippen molar-refractivity contribution in [3.8, 4) is 17.0 Å². The molecule has 3 nitrogen and oxygen atoms in total. The van der Waals surface area contributed by atoms with Crippen molar-refractivity contribution in [3.63, 3.8) is 0 Å². The van der Waals surface area contributed by atoms with Crippen molar-refractivity contribution in [1.82, 2.24) is 4.98 Å². The van der Waals surface area contributed by atoms with E-state index in [0.29, 0.717) is 10.7 Å². The summed E-state index contributed by atoms with van der Waals surface area (Å²) in [7, 11) is 0. The third-order valence-corrected chi connectivity index (χ3v) is 2.02. The number of rotatable bonds is 0. The summed E-state index contributed by atoms with van der Waals surface area (Å²) in [6.07, 6.45) is 1.55. The summed E-state index contributed by atoms with van der Waals surface area (Å²) < 4.78 is 0. The van der Waals surface area contributed by atoms with E-state index in [-0.39, 0.29) is 16.7 Å². The van der Waals surface area contributed by atoms with Crippen molar-refractivity contribution >= 4 is 11.6 Å². The number of aromatic hydroxyl groups is 1. The van der Waals surface area contributed by atoms with Gasteiger partial charge in [-0.1, -0.05) is 11.6 Å². The Morgan fingerprint density at radius 2 is 2.15 bits per heavy atom. The quantitative estimate of drug-likeness (QED) is 0.674. The van der Waals surface area contributed by atoms with Gasteiger partial charge in [-0.2, -0.15) is 0 Å². The summed E-state index contributed by atoms with van der Waals surface area (Å²) in [6.45, 7) is 0. The minimum Gasteiger partial charge on any atom is -0.507 e. The number of nitrogens with one attached hydrogen (secondary N) is 1. The van der Waals surface area contributed by atoms with Crippen LogP contribution in [0.2, 0.25) is 5.02 Å². The molecule has 13 heavy (non-hydrogen) atoms. The zero-order valence-electron chi connectivity index (χ0n) is 6.54. The minimum absolute atomic E-state index is 0.0320. The smallest absolute Gasteiger partial charge is 0.193 e. The molecule has 2 N–H and O–H groups in total. The first-order valence-corrected chi connectivity index (χ1v) is 4.06. The van der Waals surface area contributed by atoms with E-state index in [4.69, 9.17) is 11.6 Å². The van der Waals surface area contributed by atoms with Crippen molar-refractivity contribution < 1.29 is 5.11 Å². The summed E-state index contributed by atoms with van der Waals surface area (Å²) in [4.78, 5) is 14.2. The molecular weight excluding hydrogens is 190 g/mol. The molecule has 0 spiro atoms. The monoisotopic (exact) mass is 195 g/mol. The molecule has 0 saturated carbocycles. The first-order chi connectivity index (χ1) is 6.18. The molecular formula is C9H6ClNO2. The fraction of sp³-hybridized carbons (Fsp3) is 0. The van der Waals surface area contributed by atoms with Gasteiger partial charge >= 0.3 is 0 Å². The van der Waals surface area contributed by atoms with E-state index in [1.54, 1.807) is 12.3 Å². The summed E-state index contributed by atoms with van der Waals surface area (Å²) in [6, 6.07) is 4.30. The maximum absolute atomic E-state index is 11.4. The normalized spacial score (nSPS) is 10.5. The SMILES string of the molecule is O=c1cc(Cl)cc2[nH]ccc(O)c1-2. The molecule has 0 fully saturated rings. The van der Waals surface area contributed by atoms with Crippen LogP contribution in [-0.4, -0.2) is 10.1 Å². The molecule has 2 rings (SSSR count). The predicted octanol–water partition coefficient (Wildman–Crippen LogP) is 1.84. The number of aromatic amines is 1. The molecule has 0 aromatic carbocycles. The van der Waals surface area contributed by atoms with E-state index in [0.717, 1.165) is 0 Å². The van der Waals surface area contributed by atoms with Gasteiger partial charge in [0.25, 0.3) is 0 Å². The molecule has 0 aromatic heterocycles. The zero-order chi connectivity index (χ0) is 9.42. The first-order valence-electron chi connectivity index (χ1n) is 3.68. The number of hydrogen-bond donors (Lipinski definition) is 2. The molecule has 0 unspecified atom stereocenters. The third-order valence-electron chi connectivity index (χ3n) is 1.80. The van der Waals surface area contributed by atoms with Crippen LogP contribution in [0, 0.1) is 0 Å². The summed E-state index contributed by atoms with van der Waals surface area (Å²) >= 11 is 5.67. The van der Waals surface area contributed by atoms with Crippen molar-refractivity contribution in [2.24, 2.45) is 0 Å². The largest absolute Gasteiger partial charge is 0.507 e. The Morgan fingerprint density at radius 1 is 1.38 bits per heavy atom. The van der Waals surface area contributed by atoms with Gasteiger partial charge in [0.15, 0.2) is 5.43 Å². The van der Waals surface area contributed by atoms with Gasteiger partial charge < -0.3 is 10.1 Å². The second-order valence-corrected chi connectivity index (χ2v) is 3.13. The van der Waals surface area contributed by atoms with Gasteiger partial charge in [0.1, 0.15) is 5.75 Å². The Labute approximate surface area is 78.9 Å². The van der Waals surface area contributed by atoms with Crippen LogP contribution >= 0.6 is 11.6 Å². The van der Waals surface area contributed by atoms with Gasteiger partial charge in [-0.15, -0.1) is 0 Å². The van der Waals surface area contributed by atoms with E-state index >= 15 is 0 Å². The number of fused-ring (bicyclic) bond motifs is 1.